The lowest BCUT2D eigenvalue weighted by molar-refractivity contribution is 0.265. The average Bonchev–Trinajstić information content (AvgIpc) is 3.15. The fourth-order valence-electron chi connectivity index (χ4n) is 4.73. The van der Waals surface area contributed by atoms with Crippen LogP contribution in [-0.4, -0.2) is 89.6 Å². The van der Waals surface area contributed by atoms with Crippen molar-refractivity contribution in [2.45, 2.75) is 55.9 Å². The molecule has 0 bridgehead atoms. The van der Waals surface area contributed by atoms with Gasteiger partial charge in [0.1, 0.15) is 0 Å². The lowest BCUT2D eigenvalue weighted by atomic mass is 10.0. The largest absolute Gasteiger partial charge is 0.394 e. The highest BCUT2D eigenvalue weighted by Crippen LogP contribution is 2.27. The number of aliphatic hydroxyl groups is 1. The summed E-state index contributed by atoms with van der Waals surface area (Å²) in [5.41, 5.74) is 24.8. The highest BCUT2D eigenvalue weighted by atomic mass is 16.3. The first-order valence-electron chi connectivity index (χ1n) is 10.6. The zero-order chi connectivity index (χ0) is 20.5. The van der Waals surface area contributed by atoms with Crippen molar-refractivity contribution >= 4 is 17.8 Å². The van der Waals surface area contributed by atoms with Gasteiger partial charge in [0.15, 0.2) is 0 Å². The summed E-state index contributed by atoms with van der Waals surface area (Å²) in [4.78, 5) is 20.4. The molecule has 0 spiro atoms. The van der Waals surface area contributed by atoms with E-state index in [9.17, 15) is 5.11 Å². The molecule has 9 N–H and O–H groups in total. The molecule has 4 heterocycles. The molecule has 3 aliphatic heterocycles. The van der Waals surface area contributed by atoms with E-state index in [-0.39, 0.29) is 36.8 Å². The molecule has 1 aromatic heterocycles. The van der Waals surface area contributed by atoms with Crippen molar-refractivity contribution in [3.63, 3.8) is 0 Å². The van der Waals surface area contributed by atoms with Gasteiger partial charge in [-0.2, -0.15) is 15.0 Å². The van der Waals surface area contributed by atoms with Crippen molar-refractivity contribution in [1.29, 1.82) is 0 Å². The molecule has 3 fully saturated rings. The van der Waals surface area contributed by atoms with E-state index < -0.39 is 0 Å². The van der Waals surface area contributed by atoms with Gasteiger partial charge in [-0.25, -0.2) is 0 Å². The average molecular weight is 407 g/mol. The number of nitrogens with zero attached hydrogens (tertiary/aromatic N) is 6. The SMILES string of the molecule is N[C@@H]1C[C@H](N)CN(c2nc(N3C[C@H](N)C[C@H](N)C3)nc(N3CCC[C@@H]3CO)n2)C1. The van der Waals surface area contributed by atoms with Gasteiger partial charge in [-0.15, -0.1) is 0 Å². The summed E-state index contributed by atoms with van der Waals surface area (Å²) in [5, 5.41) is 9.77. The molecule has 0 radical (unpaired) electrons. The second-order valence-corrected chi connectivity index (χ2v) is 8.73. The summed E-state index contributed by atoms with van der Waals surface area (Å²) in [7, 11) is 0. The van der Waals surface area contributed by atoms with Crippen LogP contribution in [0.2, 0.25) is 0 Å². The lowest BCUT2D eigenvalue weighted by Gasteiger charge is -2.37. The number of anilines is 3. The van der Waals surface area contributed by atoms with Crippen molar-refractivity contribution in [3.8, 4) is 0 Å². The Morgan fingerprint density at radius 1 is 0.759 bits per heavy atom. The van der Waals surface area contributed by atoms with E-state index in [0.29, 0.717) is 44.0 Å². The topological polar surface area (TPSA) is 173 Å². The Labute approximate surface area is 171 Å². The Balaban J connectivity index is 1.69. The molecule has 0 aliphatic carbocycles. The molecule has 0 amide bonds. The molecule has 11 nitrogen and oxygen atoms in total. The van der Waals surface area contributed by atoms with Crippen molar-refractivity contribution in [2.75, 3.05) is 54.0 Å². The maximum atomic E-state index is 9.77. The van der Waals surface area contributed by atoms with Gasteiger partial charge in [0.2, 0.25) is 17.8 Å². The van der Waals surface area contributed by atoms with E-state index in [0.717, 1.165) is 32.2 Å². The molecule has 3 aliphatic rings. The molecule has 5 atom stereocenters. The predicted molar refractivity (Wildman–Crippen MR) is 113 cm³/mol. The highest BCUT2D eigenvalue weighted by Gasteiger charge is 2.32. The van der Waals surface area contributed by atoms with Crippen LogP contribution in [0.4, 0.5) is 17.8 Å². The third-order valence-electron chi connectivity index (χ3n) is 6.04. The number of piperidine rings is 2. The quantitative estimate of drug-likeness (QED) is 0.359. The summed E-state index contributed by atoms with van der Waals surface area (Å²) >= 11 is 0. The number of aromatic nitrogens is 3. The van der Waals surface area contributed by atoms with Gasteiger partial charge in [0.05, 0.1) is 12.6 Å². The molecular weight excluding hydrogens is 372 g/mol. The molecule has 3 saturated heterocycles. The van der Waals surface area contributed by atoms with E-state index in [2.05, 4.69) is 4.90 Å². The minimum Gasteiger partial charge on any atom is -0.394 e. The van der Waals surface area contributed by atoms with Crippen LogP contribution in [0.1, 0.15) is 25.7 Å². The summed E-state index contributed by atoms with van der Waals surface area (Å²) in [6, 6.07) is -0.0465. The Morgan fingerprint density at radius 2 is 1.21 bits per heavy atom. The maximum absolute atomic E-state index is 9.77. The summed E-state index contributed by atoms with van der Waals surface area (Å²) in [5.74, 6) is 1.74. The van der Waals surface area contributed by atoms with Crippen LogP contribution in [-0.2, 0) is 0 Å². The molecule has 29 heavy (non-hydrogen) atoms. The van der Waals surface area contributed by atoms with Crippen LogP contribution in [0, 0.1) is 0 Å². The third kappa shape index (κ3) is 4.53. The van der Waals surface area contributed by atoms with Crippen molar-refractivity contribution in [1.82, 2.24) is 15.0 Å². The molecule has 0 unspecified atom stereocenters. The third-order valence-corrected chi connectivity index (χ3v) is 6.04. The zero-order valence-corrected chi connectivity index (χ0v) is 16.9. The van der Waals surface area contributed by atoms with E-state index >= 15 is 0 Å². The first-order valence-corrected chi connectivity index (χ1v) is 10.6. The standard InChI is InChI=1S/C18H34N10O/c19-11-4-12(20)7-26(6-11)16-23-17(27-8-13(21)5-14(22)9-27)25-18(24-16)28-3-1-2-15(28)10-29/h11-15,29H,1-10,19-22H2/t11-,12+,13-,14+,15-/m1/s1. The molecule has 1 aromatic rings. The monoisotopic (exact) mass is 406 g/mol. The Morgan fingerprint density at radius 3 is 1.66 bits per heavy atom. The van der Waals surface area contributed by atoms with Crippen molar-refractivity contribution < 1.29 is 5.11 Å². The van der Waals surface area contributed by atoms with Gasteiger partial charge < -0.3 is 42.7 Å². The summed E-state index contributed by atoms with van der Waals surface area (Å²) in [6.07, 6.45) is 3.50. The van der Waals surface area contributed by atoms with E-state index in [1.165, 1.54) is 0 Å². The molecule has 0 aromatic carbocycles. The summed E-state index contributed by atoms with van der Waals surface area (Å²) < 4.78 is 0. The molecular formula is C18H34N10O. The van der Waals surface area contributed by atoms with Crippen LogP contribution in [0.3, 0.4) is 0 Å². The van der Waals surface area contributed by atoms with Gasteiger partial charge in [0, 0.05) is 56.9 Å². The highest BCUT2D eigenvalue weighted by molar-refractivity contribution is 5.48. The second-order valence-electron chi connectivity index (χ2n) is 8.73. The van der Waals surface area contributed by atoms with E-state index in [1.807, 2.05) is 9.80 Å². The van der Waals surface area contributed by atoms with Crippen LogP contribution in [0.5, 0.6) is 0 Å². The van der Waals surface area contributed by atoms with Crippen LogP contribution in [0.25, 0.3) is 0 Å². The van der Waals surface area contributed by atoms with Crippen molar-refractivity contribution in [3.05, 3.63) is 0 Å². The van der Waals surface area contributed by atoms with E-state index in [1.54, 1.807) is 0 Å². The fraction of sp³-hybridized carbons (Fsp3) is 0.833. The van der Waals surface area contributed by atoms with Crippen LogP contribution in [0.15, 0.2) is 0 Å². The number of hydrogen-bond donors (Lipinski definition) is 5. The van der Waals surface area contributed by atoms with Crippen molar-refractivity contribution in [2.24, 2.45) is 22.9 Å². The lowest BCUT2D eigenvalue weighted by Crippen LogP contribution is -2.54. The molecule has 162 valence electrons. The maximum Gasteiger partial charge on any atom is 0.232 e. The first-order chi connectivity index (χ1) is 13.9. The van der Waals surface area contributed by atoms with Gasteiger partial charge in [0.25, 0.3) is 0 Å². The van der Waals surface area contributed by atoms with Crippen LogP contribution < -0.4 is 37.6 Å². The second kappa shape index (κ2) is 8.52. The molecule has 0 saturated carbocycles. The van der Waals surface area contributed by atoms with Gasteiger partial charge in [-0.3, -0.25) is 0 Å². The number of rotatable bonds is 4. The minimum atomic E-state index is -0.0174. The number of hydrogen-bond acceptors (Lipinski definition) is 11. The van der Waals surface area contributed by atoms with E-state index in [4.69, 9.17) is 37.9 Å². The fourth-order valence-corrected chi connectivity index (χ4v) is 4.73. The van der Waals surface area contributed by atoms with Gasteiger partial charge >= 0.3 is 0 Å². The van der Waals surface area contributed by atoms with Gasteiger partial charge in [-0.05, 0) is 25.7 Å². The number of aliphatic hydroxyl groups excluding tert-OH is 1. The smallest absolute Gasteiger partial charge is 0.232 e. The normalized spacial score (nSPS) is 33.4. The molecule has 4 rings (SSSR count). The first kappa shape index (κ1) is 20.5. The van der Waals surface area contributed by atoms with Gasteiger partial charge in [-0.1, -0.05) is 0 Å². The number of nitrogens with two attached hydrogens (primary N) is 4. The predicted octanol–water partition coefficient (Wildman–Crippen LogP) is -2.44. The summed E-state index contributed by atoms with van der Waals surface area (Å²) in [6.45, 7) is 3.50. The minimum absolute atomic E-state index is 0.0174. The Hall–Kier alpha value is -1.79. The van der Waals surface area contributed by atoms with Crippen LogP contribution >= 0.6 is 0 Å². The molecule has 11 heteroatoms. The Bertz CT molecular complexity index is 641. The Kier molecular flexibility index (Phi) is 6.02. The zero-order valence-electron chi connectivity index (χ0n) is 16.9.